The Kier molecular flexibility index (Phi) is 3.34. The molecule has 0 spiro atoms. The van der Waals surface area contributed by atoms with Crippen LogP contribution in [0.25, 0.3) is 27.9 Å². The Bertz CT molecular complexity index is 1020. The number of nitrogens with zero attached hydrogens (tertiary/aromatic N) is 3. The highest BCUT2D eigenvalue weighted by atomic mass is 19.1. The molecule has 5 heteroatoms. The highest BCUT2D eigenvalue weighted by molar-refractivity contribution is 5.92. The second-order valence-electron chi connectivity index (χ2n) is 5.57. The van der Waals surface area contributed by atoms with Gasteiger partial charge in [0.2, 0.25) is 5.95 Å². The molecular formula is C19H13F2N3. The molecule has 0 unspecified atom stereocenters. The number of pyridine rings is 2. The molecule has 24 heavy (non-hydrogen) atoms. The first-order chi connectivity index (χ1) is 11.6. The highest BCUT2D eigenvalue weighted by Gasteiger charge is 2.18. The number of aromatic nitrogens is 3. The summed E-state index contributed by atoms with van der Waals surface area (Å²) in [6.45, 7) is 1.69. The lowest BCUT2D eigenvalue weighted by molar-refractivity contribution is 0.537. The van der Waals surface area contributed by atoms with E-state index >= 15 is 0 Å². The molecule has 3 aromatic heterocycles. The summed E-state index contributed by atoms with van der Waals surface area (Å²) in [6.07, 6.45) is 3.36. The molecule has 118 valence electrons. The molecule has 0 radical (unpaired) electrons. The van der Waals surface area contributed by atoms with Crippen LogP contribution in [0.3, 0.4) is 0 Å². The van der Waals surface area contributed by atoms with Gasteiger partial charge in [-0.3, -0.25) is 4.98 Å². The van der Waals surface area contributed by atoms with Crippen LogP contribution in [-0.2, 0) is 0 Å². The van der Waals surface area contributed by atoms with Gasteiger partial charge >= 0.3 is 0 Å². The number of aryl methyl sites for hydroxylation is 1. The van der Waals surface area contributed by atoms with Crippen LogP contribution >= 0.6 is 0 Å². The van der Waals surface area contributed by atoms with E-state index in [0.29, 0.717) is 16.8 Å². The van der Waals surface area contributed by atoms with Gasteiger partial charge in [-0.25, -0.2) is 8.91 Å². The van der Waals surface area contributed by atoms with Crippen molar-refractivity contribution in [3.05, 3.63) is 78.3 Å². The van der Waals surface area contributed by atoms with Crippen molar-refractivity contribution >= 4 is 5.52 Å². The Morgan fingerprint density at radius 2 is 1.54 bits per heavy atom. The van der Waals surface area contributed by atoms with Gasteiger partial charge in [0.15, 0.2) is 0 Å². The molecule has 3 nitrogen and oxygen atoms in total. The summed E-state index contributed by atoms with van der Waals surface area (Å²) < 4.78 is 29.1. The average Bonchev–Trinajstić information content (AvgIpc) is 3.00. The second-order valence-corrected chi connectivity index (χ2v) is 5.57. The molecule has 0 saturated carbocycles. The Labute approximate surface area is 137 Å². The SMILES string of the molecule is Cc1ccc2c(-c3ccncc3)c(-c3ccc(F)cc3)nn2c1F. The van der Waals surface area contributed by atoms with Crippen LogP contribution < -0.4 is 0 Å². The summed E-state index contributed by atoms with van der Waals surface area (Å²) in [7, 11) is 0. The summed E-state index contributed by atoms with van der Waals surface area (Å²) in [4.78, 5) is 4.03. The standard InChI is InChI=1S/C19H13F2N3/c1-12-2-7-16-17(13-8-10-22-11-9-13)18(23-24(16)19(12)21)14-3-5-15(20)6-4-14/h2-11H,1H3. The fraction of sp³-hybridized carbons (Fsp3) is 0.0526. The van der Waals surface area contributed by atoms with Crippen LogP contribution in [0, 0.1) is 18.7 Å². The van der Waals surface area contributed by atoms with Crippen molar-refractivity contribution < 1.29 is 8.78 Å². The maximum Gasteiger partial charge on any atom is 0.217 e. The van der Waals surface area contributed by atoms with E-state index in [1.54, 1.807) is 37.5 Å². The van der Waals surface area contributed by atoms with Crippen molar-refractivity contribution in [1.82, 2.24) is 14.6 Å². The van der Waals surface area contributed by atoms with E-state index in [2.05, 4.69) is 10.1 Å². The van der Waals surface area contributed by atoms with Gasteiger partial charge < -0.3 is 0 Å². The molecule has 0 aliphatic heterocycles. The largest absolute Gasteiger partial charge is 0.265 e. The predicted octanol–water partition coefficient (Wildman–Crippen LogP) is 4.65. The fourth-order valence-corrected chi connectivity index (χ4v) is 2.79. The van der Waals surface area contributed by atoms with Crippen molar-refractivity contribution in [2.45, 2.75) is 6.92 Å². The lowest BCUT2D eigenvalue weighted by atomic mass is 10.0. The van der Waals surface area contributed by atoms with Crippen LogP contribution in [0.5, 0.6) is 0 Å². The van der Waals surface area contributed by atoms with E-state index in [1.165, 1.54) is 16.6 Å². The predicted molar refractivity (Wildman–Crippen MR) is 88.5 cm³/mol. The first-order valence-electron chi connectivity index (χ1n) is 7.49. The Morgan fingerprint density at radius 1 is 0.833 bits per heavy atom. The number of hydrogen-bond donors (Lipinski definition) is 0. The van der Waals surface area contributed by atoms with Crippen LogP contribution in [-0.4, -0.2) is 14.6 Å². The zero-order valence-corrected chi connectivity index (χ0v) is 12.9. The average molecular weight is 321 g/mol. The smallest absolute Gasteiger partial charge is 0.217 e. The van der Waals surface area contributed by atoms with E-state index in [-0.39, 0.29) is 5.82 Å². The maximum atomic E-state index is 14.5. The molecule has 0 amide bonds. The van der Waals surface area contributed by atoms with E-state index in [9.17, 15) is 8.78 Å². The lowest BCUT2D eigenvalue weighted by Crippen LogP contribution is -1.97. The van der Waals surface area contributed by atoms with Crippen LogP contribution in [0.15, 0.2) is 60.9 Å². The minimum Gasteiger partial charge on any atom is -0.265 e. The van der Waals surface area contributed by atoms with Crippen LogP contribution in [0.1, 0.15) is 5.56 Å². The fourth-order valence-electron chi connectivity index (χ4n) is 2.79. The summed E-state index contributed by atoms with van der Waals surface area (Å²) in [5, 5.41) is 4.45. The Hall–Kier alpha value is -3.08. The molecule has 0 bridgehead atoms. The van der Waals surface area contributed by atoms with Gasteiger partial charge in [0.25, 0.3) is 0 Å². The van der Waals surface area contributed by atoms with Crippen molar-refractivity contribution in [2.75, 3.05) is 0 Å². The molecule has 0 N–H and O–H groups in total. The molecule has 0 aliphatic carbocycles. The van der Waals surface area contributed by atoms with Crippen molar-refractivity contribution in [3.8, 4) is 22.4 Å². The van der Waals surface area contributed by atoms with Gasteiger partial charge in [-0.1, -0.05) is 6.07 Å². The van der Waals surface area contributed by atoms with Gasteiger partial charge in [-0.2, -0.15) is 9.49 Å². The monoisotopic (exact) mass is 321 g/mol. The lowest BCUT2D eigenvalue weighted by Gasteiger charge is -2.04. The second kappa shape index (κ2) is 5.53. The van der Waals surface area contributed by atoms with Crippen LogP contribution in [0.2, 0.25) is 0 Å². The molecule has 0 aliphatic rings. The summed E-state index contributed by atoms with van der Waals surface area (Å²) in [5.74, 6) is -0.730. The van der Waals surface area contributed by atoms with Crippen molar-refractivity contribution in [1.29, 1.82) is 0 Å². The number of benzene rings is 1. The topological polar surface area (TPSA) is 30.2 Å². The van der Waals surface area contributed by atoms with Gasteiger partial charge in [-0.05, 0) is 55.0 Å². The highest BCUT2D eigenvalue weighted by Crippen LogP contribution is 2.35. The minimum atomic E-state index is -0.406. The molecule has 4 rings (SSSR count). The maximum absolute atomic E-state index is 14.5. The van der Waals surface area contributed by atoms with E-state index in [4.69, 9.17) is 0 Å². The van der Waals surface area contributed by atoms with Gasteiger partial charge in [-0.15, -0.1) is 0 Å². The summed E-state index contributed by atoms with van der Waals surface area (Å²) >= 11 is 0. The number of fused-ring (bicyclic) bond motifs is 1. The quantitative estimate of drug-likeness (QED) is 0.503. The van der Waals surface area contributed by atoms with E-state index < -0.39 is 5.95 Å². The van der Waals surface area contributed by atoms with Crippen molar-refractivity contribution in [3.63, 3.8) is 0 Å². The van der Waals surface area contributed by atoms with Crippen LogP contribution in [0.4, 0.5) is 8.78 Å². The number of rotatable bonds is 2. The minimum absolute atomic E-state index is 0.324. The Morgan fingerprint density at radius 3 is 2.25 bits per heavy atom. The molecular weight excluding hydrogens is 308 g/mol. The van der Waals surface area contributed by atoms with E-state index in [1.807, 2.05) is 18.2 Å². The van der Waals surface area contributed by atoms with Gasteiger partial charge in [0, 0.05) is 29.1 Å². The van der Waals surface area contributed by atoms with Gasteiger partial charge in [0.1, 0.15) is 11.5 Å². The normalized spacial score (nSPS) is 11.1. The molecule has 0 saturated heterocycles. The molecule has 1 aromatic carbocycles. The van der Waals surface area contributed by atoms with Gasteiger partial charge in [0.05, 0.1) is 5.52 Å². The number of halogens is 2. The third kappa shape index (κ3) is 2.25. The molecule has 3 heterocycles. The summed E-state index contributed by atoms with van der Waals surface area (Å²) in [5.41, 5.74) is 4.17. The summed E-state index contributed by atoms with van der Waals surface area (Å²) in [6, 6.07) is 13.3. The third-order valence-electron chi connectivity index (χ3n) is 4.01. The first kappa shape index (κ1) is 14.5. The zero-order chi connectivity index (χ0) is 16.7. The third-order valence-corrected chi connectivity index (χ3v) is 4.01. The molecule has 0 fully saturated rings. The van der Waals surface area contributed by atoms with E-state index in [0.717, 1.165) is 16.7 Å². The molecule has 4 aromatic rings. The zero-order valence-electron chi connectivity index (χ0n) is 12.9. The first-order valence-corrected chi connectivity index (χ1v) is 7.49. The number of hydrogen-bond acceptors (Lipinski definition) is 2. The van der Waals surface area contributed by atoms with Crippen molar-refractivity contribution in [2.24, 2.45) is 0 Å². The molecule has 0 atom stereocenters. The Balaban J connectivity index is 2.08.